The lowest BCUT2D eigenvalue weighted by molar-refractivity contribution is -0.174. The van der Waals surface area contributed by atoms with E-state index in [2.05, 4.69) is 5.32 Å². The molecule has 1 N–H and O–H groups in total. The van der Waals surface area contributed by atoms with E-state index >= 15 is 0 Å². The molecule has 0 spiro atoms. The number of hydrogen-bond donors (Lipinski definition) is 1. The van der Waals surface area contributed by atoms with Crippen molar-refractivity contribution in [1.82, 2.24) is 0 Å². The number of aryl methyl sites for hydroxylation is 1. The lowest BCUT2D eigenvalue weighted by Crippen LogP contribution is -2.53. The number of benzene rings is 2. The molecule has 136 valence electrons. The zero-order chi connectivity index (χ0) is 18.4. The van der Waals surface area contributed by atoms with Crippen LogP contribution < -0.4 is 5.32 Å². The van der Waals surface area contributed by atoms with Gasteiger partial charge in [0.2, 0.25) is 5.60 Å². The minimum Gasteiger partial charge on any atom is -0.466 e. The van der Waals surface area contributed by atoms with E-state index in [1.54, 1.807) is 0 Å². The number of hydrogen-bond acceptors (Lipinski definition) is 5. The van der Waals surface area contributed by atoms with E-state index in [-0.39, 0.29) is 18.4 Å². The number of nitrogens with one attached hydrogen (secondary N) is 1. The van der Waals surface area contributed by atoms with Crippen molar-refractivity contribution in [3.8, 4) is 0 Å². The Labute approximate surface area is 153 Å². The zero-order valence-electron chi connectivity index (χ0n) is 14.8. The third-order valence-electron chi connectivity index (χ3n) is 4.77. The molecule has 0 aliphatic carbocycles. The van der Waals surface area contributed by atoms with Crippen LogP contribution in [0.2, 0.25) is 0 Å². The van der Waals surface area contributed by atoms with Crippen molar-refractivity contribution in [1.29, 1.82) is 0 Å². The highest BCUT2D eigenvalue weighted by molar-refractivity contribution is 5.88. The van der Waals surface area contributed by atoms with E-state index in [1.807, 2.05) is 60.7 Å². The highest BCUT2D eigenvalue weighted by atomic mass is 16.6. The molecule has 0 amide bonds. The molecular formula is C21H23NO4. The van der Waals surface area contributed by atoms with Crippen LogP contribution in [0, 0.1) is 0 Å². The minimum absolute atomic E-state index is 0.216. The third kappa shape index (κ3) is 3.87. The summed E-state index contributed by atoms with van der Waals surface area (Å²) in [6.07, 6.45) is 1.91. The summed E-state index contributed by atoms with van der Waals surface area (Å²) >= 11 is 0. The molecule has 0 radical (unpaired) electrons. The van der Waals surface area contributed by atoms with Crippen molar-refractivity contribution in [3.05, 3.63) is 66.2 Å². The van der Waals surface area contributed by atoms with Gasteiger partial charge in [0.25, 0.3) is 0 Å². The van der Waals surface area contributed by atoms with E-state index in [4.69, 9.17) is 9.47 Å². The Balaban J connectivity index is 1.87. The third-order valence-corrected chi connectivity index (χ3v) is 4.77. The molecule has 1 heterocycles. The number of anilines is 1. The van der Waals surface area contributed by atoms with Crippen LogP contribution in [0.15, 0.2) is 60.7 Å². The number of ether oxygens (including phenoxy) is 2. The molecule has 26 heavy (non-hydrogen) atoms. The normalized spacial score (nSPS) is 20.3. The van der Waals surface area contributed by atoms with Gasteiger partial charge in [-0.3, -0.25) is 4.79 Å². The van der Waals surface area contributed by atoms with E-state index in [1.165, 1.54) is 7.11 Å². The molecule has 0 bridgehead atoms. The van der Waals surface area contributed by atoms with Gasteiger partial charge in [0.1, 0.15) is 0 Å². The SMILES string of the molecule is COC(=O)[C@@]1([C@H](CCc2ccccc2)Nc2ccccc2)CCC(=O)O1. The lowest BCUT2D eigenvalue weighted by Gasteiger charge is -2.34. The fourth-order valence-electron chi connectivity index (χ4n) is 3.41. The Bertz CT molecular complexity index is 747. The topological polar surface area (TPSA) is 64.6 Å². The summed E-state index contributed by atoms with van der Waals surface area (Å²) < 4.78 is 10.5. The molecule has 5 nitrogen and oxygen atoms in total. The van der Waals surface area contributed by atoms with Crippen LogP contribution in [0.25, 0.3) is 0 Å². The Kier molecular flexibility index (Phi) is 5.56. The number of carbonyl (C=O) groups is 2. The predicted molar refractivity (Wildman–Crippen MR) is 98.7 cm³/mol. The summed E-state index contributed by atoms with van der Waals surface area (Å²) in [5.41, 5.74) is 0.740. The van der Waals surface area contributed by atoms with E-state index in [9.17, 15) is 9.59 Å². The van der Waals surface area contributed by atoms with Crippen molar-refractivity contribution < 1.29 is 19.1 Å². The fourth-order valence-corrected chi connectivity index (χ4v) is 3.41. The van der Waals surface area contributed by atoms with Gasteiger partial charge in [0, 0.05) is 12.1 Å². The zero-order valence-corrected chi connectivity index (χ0v) is 14.8. The molecule has 2 atom stereocenters. The molecule has 1 aliphatic rings. The van der Waals surface area contributed by atoms with E-state index < -0.39 is 11.6 Å². The van der Waals surface area contributed by atoms with Crippen LogP contribution in [-0.2, 0) is 25.5 Å². The number of cyclic esters (lactones) is 1. The van der Waals surface area contributed by atoms with Crippen molar-refractivity contribution in [2.75, 3.05) is 12.4 Å². The minimum atomic E-state index is -1.30. The Morgan fingerprint density at radius 2 is 1.81 bits per heavy atom. The van der Waals surface area contributed by atoms with E-state index in [0.29, 0.717) is 12.8 Å². The monoisotopic (exact) mass is 353 g/mol. The van der Waals surface area contributed by atoms with Crippen LogP contribution in [-0.4, -0.2) is 30.7 Å². The number of esters is 2. The van der Waals surface area contributed by atoms with Crippen molar-refractivity contribution in [2.24, 2.45) is 0 Å². The van der Waals surface area contributed by atoms with Gasteiger partial charge in [0.15, 0.2) is 0 Å². The first-order chi connectivity index (χ1) is 12.6. The summed E-state index contributed by atoms with van der Waals surface area (Å²) in [4.78, 5) is 24.4. The maximum atomic E-state index is 12.6. The van der Waals surface area contributed by atoms with Crippen LogP contribution in [0.5, 0.6) is 0 Å². The summed E-state index contributed by atoms with van der Waals surface area (Å²) in [7, 11) is 1.33. The first-order valence-electron chi connectivity index (χ1n) is 8.80. The number of carbonyl (C=O) groups excluding carboxylic acids is 2. The maximum Gasteiger partial charge on any atom is 0.352 e. The van der Waals surface area contributed by atoms with Gasteiger partial charge in [-0.25, -0.2) is 4.79 Å². The molecule has 1 saturated heterocycles. The average Bonchev–Trinajstić information content (AvgIpc) is 3.09. The van der Waals surface area contributed by atoms with Gasteiger partial charge < -0.3 is 14.8 Å². The summed E-state index contributed by atoms with van der Waals surface area (Å²) in [5.74, 6) is -0.875. The van der Waals surface area contributed by atoms with Crippen molar-refractivity contribution in [2.45, 2.75) is 37.3 Å². The molecule has 0 saturated carbocycles. The molecular weight excluding hydrogens is 330 g/mol. The standard InChI is InChI=1S/C21H23NO4/c1-25-20(24)21(15-14-19(23)26-21)18(22-17-10-6-3-7-11-17)13-12-16-8-4-2-5-9-16/h2-11,18,22H,12-15H2,1H3/t18-,21-/m0/s1. The summed E-state index contributed by atoms with van der Waals surface area (Å²) in [6.45, 7) is 0. The molecule has 2 aromatic rings. The quantitative estimate of drug-likeness (QED) is 0.774. The highest BCUT2D eigenvalue weighted by Gasteiger charge is 2.54. The molecule has 1 aliphatic heterocycles. The highest BCUT2D eigenvalue weighted by Crippen LogP contribution is 2.35. The number of para-hydroxylation sites is 1. The van der Waals surface area contributed by atoms with Gasteiger partial charge in [-0.2, -0.15) is 0 Å². The average molecular weight is 353 g/mol. The van der Waals surface area contributed by atoms with Gasteiger partial charge in [-0.1, -0.05) is 48.5 Å². The van der Waals surface area contributed by atoms with Crippen LogP contribution in [0.3, 0.4) is 0 Å². The summed E-state index contributed by atoms with van der Waals surface area (Å²) in [5, 5.41) is 3.39. The molecule has 2 aromatic carbocycles. The largest absolute Gasteiger partial charge is 0.466 e. The van der Waals surface area contributed by atoms with Crippen LogP contribution in [0.4, 0.5) is 5.69 Å². The Morgan fingerprint density at radius 1 is 1.15 bits per heavy atom. The second kappa shape index (κ2) is 8.04. The lowest BCUT2D eigenvalue weighted by atomic mass is 9.86. The first kappa shape index (κ1) is 18.0. The Hall–Kier alpha value is -2.82. The number of methoxy groups -OCH3 is 1. The van der Waals surface area contributed by atoms with Gasteiger partial charge in [-0.05, 0) is 30.5 Å². The smallest absolute Gasteiger partial charge is 0.352 e. The maximum absolute atomic E-state index is 12.6. The van der Waals surface area contributed by atoms with Gasteiger partial charge >= 0.3 is 11.9 Å². The van der Waals surface area contributed by atoms with E-state index in [0.717, 1.165) is 17.7 Å². The molecule has 0 aromatic heterocycles. The van der Waals surface area contributed by atoms with Gasteiger partial charge in [-0.15, -0.1) is 0 Å². The van der Waals surface area contributed by atoms with Crippen LogP contribution in [0.1, 0.15) is 24.8 Å². The molecule has 3 rings (SSSR count). The summed E-state index contributed by atoms with van der Waals surface area (Å²) in [6, 6.07) is 19.3. The molecule has 0 unspecified atom stereocenters. The first-order valence-corrected chi connectivity index (χ1v) is 8.80. The second-order valence-electron chi connectivity index (χ2n) is 6.44. The van der Waals surface area contributed by atoms with Gasteiger partial charge in [0.05, 0.1) is 19.6 Å². The Morgan fingerprint density at radius 3 is 2.38 bits per heavy atom. The molecule has 1 fully saturated rings. The molecule has 5 heteroatoms. The fraction of sp³-hybridized carbons (Fsp3) is 0.333. The number of rotatable bonds is 7. The predicted octanol–water partition coefficient (Wildman–Crippen LogP) is 3.35. The van der Waals surface area contributed by atoms with Crippen LogP contribution >= 0.6 is 0 Å². The van der Waals surface area contributed by atoms with Crippen molar-refractivity contribution >= 4 is 17.6 Å². The second-order valence-corrected chi connectivity index (χ2v) is 6.44. The van der Waals surface area contributed by atoms with Crippen molar-refractivity contribution in [3.63, 3.8) is 0 Å².